The first kappa shape index (κ1) is 16.5. The summed E-state index contributed by atoms with van der Waals surface area (Å²) < 4.78 is 10.4. The number of hydrogen-bond donors (Lipinski definition) is 1. The number of halogens is 2. The molecule has 0 saturated carbocycles. The first-order chi connectivity index (χ1) is 10.5. The van der Waals surface area contributed by atoms with Gasteiger partial charge in [0.1, 0.15) is 11.5 Å². The van der Waals surface area contributed by atoms with E-state index in [1.165, 1.54) is 14.2 Å². The largest absolute Gasteiger partial charge is 0.495 e. The fourth-order valence-electron chi connectivity index (χ4n) is 1.98. The van der Waals surface area contributed by atoms with Crippen molar-refractivity contribution in [1.29, 1.82) is 0 Å². The Morgan fingerprint density at radius 2 is 1.82 bits per heavy atom. The van der Waals surface area contributed by atoms with Gasteiger partial charge in [0.25, 0.3) is 0 Å². The molecule has 0 spiro atoms. The summed E-state index contributed by atoms with van der Waals surface area (Å²) in [6.07, 6.45) is 0.202. The van der Waals surface area contributed by atoms with Gasteiger partial charge in [-0.1, -0.05) is 35.3 Å². The van der Waals surface area contributed by atoms with Crippen LogP contribution >= 0.6 is 23.2 Å². The van der Waals surface area contributed by atoms with Crippen molar-refractivity contribution >= 4 is 34.8 Å². The molecule has 0 aliphatic heterocycles. The highest BCUT2D eigenvalue weighted by atomic mass is 35.5. The number of rotatable bonds is 5. The van der Waals surface area contributed by atoms with Crippen LogP contribution in [-0.4, -0.2) is 20.1 Å². The molecule has 0 unspecified atom stereocenters. The van der Waals surface area contributed by atoms with E-state index in [1.807, 2.05) is 6.07 Å². The predicted molar refractivity (Wildman–Crippen MR) is 88.3 cm³/mol. The summed E-state index contributed by atoms with van der Waals surface area (Å²) in [5, 5.41) is 3.76. The topological polar surface area (TPSA) is 47.6 Å². The zero-order valence-electron chi connectivity index (χ0n) is 12.2. The molecule has 0 atom stereocenters. The Hall–Kier alpha value is -1.91. The molecule has 4 nitrogen and oxygen atoms in total. The summed E-state index contributed by atoms with van der Waals surface area (Å²) in [5.74, 6) is 0.758. The van der Waals surface area contributed by atoms with Gasteiger partial charge in [0, 0.05) is 11.1 Å². The summed E-state index contributed by atoms with van der Waals surface area (Å²) in [6, 6.07) is 10.4. The van der Waals surface area contributed by atoms with E-state index in [2.05, 4.69) is 5.32 Å². The van der Waals surface area contributed by atoms with Crippen molar-refractivity contribution in [1.82, 2.24) is 0 Å². The van der Waals surface area contributed by atoms with Crippen molar-refractivity contribution in [2.45, 2.75) is 6.42 Å². The summed E-state index contributed by atoms with van der Waals surface area (Å²) >= 11 is 12.0. The second kappa shape index (κ2) is 7.38. The summed E-state index contributed by atoms with van der Waals surface area (Å²) in [4.78, 5) is 12.1. The third kappa shape index (κ3) is 4.06. The maximum absolute atomic E-state index is 12.1. The third-order valence-corrected chi connectivity index (χ3v) is 3.53. The van der Waals surface area contributed by atoms with E-state index in [9.17, 15) is 4.79 Å². The molecule has 116 valence electrons. The smallest absolute Gasteiger partial charge is 0.228 e. The van der Waals surface area contributed by atoms with Crippen molar-refractivity contribution in [2.75, 3.05) is 19.5 Å². The number of ether oxygens (including phenoxy) is 2. The van der Waals surface area contributed by atoms with Crippen LogP contribution in [0.25, 0.3) is 0 Å². The highest BCUT2D eigenvalue weighted by Crippen LogP contribution is 2.35. The summed E-state index contributed by atoms with van der Waals surface area (Å²) in [6.45, 7) is 0. The Labute approximate surface area is 138 Å². The van der Waals surface area contributed by atoms with Gasteiger partial charge in [0.2, 0.25) is 5.91 Å². The third-order valence-electron chi connectivity index (χ3n) is 3.00. The van der Waals surface area contributed by atoms with Crippen molar-refractivity contribution in [3.8, 4) is 11.5 Å². The fourth-order valence-corrected chi connectivity index (χ4v) is 2.44. The number of nitrogens with one attached hydrogen (secondary N) is 1. The molecular weight excluding hydrogens is 325 g/mol. The number of amides is 1. The molecule has 0 aliphatic rings. The molecule has 0 fully saturated rings. The normalized spacial score (nSPS) is 10.2. The molecule has 2 aromatic carbocycles. The monoisotopic (exact) mass is 339 g/mol. The lowest BCUT2D eigenvalue weighted by molar-refractivity contribution is -0.115. The SMILES string of the molecule is COc1cc(OC)c(NC(=O)Cc2cccc(Cl)c2)cc1Cl. The van der Waals surface area contributed by atoms with Crippen LogP contribution in [0.3, 0.4) is 0 Å². The molecular formula is C16H15Cl2NO3. The van der Waals surface area contributed by atoms with Crippen LogP contribution in [-0.2, 0) is 11.2 Å². The zero-order valence-corrected chi connectivity index (χ0v) is 13.7. The van der Waals surface area contributed by atoms with Crippen molar-refractivity contribution in [3.63, 3.8) is 0 Å². The van der Waals surface area contributed by atoms with E-state index in [0.29, 0.717) is 27.2 Å². The molecule has 22 heavy (non-hydrogen) atoms. The second-order valence-electron chi connectivity index (χ2n) is 4.54. The average molecular weight is 340 g/mol. The zero-order chi connectivity index (χ0) is 16.1. The molecule has 2 aromatic rings. The van der Waals surface area contributed by atoms with Crippen LogP contribution in [0.1, 0.15) is 5.56 Å². The molecule has 2 rings (SSSR count). The van der Waals surface area contributed by atoms with Gasteiger partial charge in [-0.2, -0.15) is 0 Å². The van der Waals surface area contributed by atoms with Gasteiger partial charge in [0.15, 0.2) is 0 Å². The van der Waals surface area contributed by atoms with Crippen LogP contribution in [0, 0.1) is 0 Å². The average Bonchev–Trinajstić information content (AvgIpc) is 2.47. The lowest BCUT2D eigenvalue weighted by Gasteiger charge is -2.13. The van der Waals surface area contributed by atoms with Gasteiger partial charge >= 0.3 is 0 Å². The number of benzene rings is 2. The maximum atomic E-state index is 12.1. The quantitative estimate of drug-likeness (QED) is 0.888. The van der Waals surface area contributed by atoms with Gasteiger partial charge in [-0.25, -0.2) is 0 Å². The first-order valence-corrected chi connectivity index (χ1v) is 7.25. The van der Waals surface area contributed by atoms with Crippen molar-refractivity contribution < 1.29 is 14.3 Å². The molecule has 0 aliphatic carbocycles. The second-order valence-corrected chi connectivity index (χ2v) is 5.39. The van der Waals surface area contributed by atoms with E-state index < -0.39 is 0 Å². The van der Waals surface area contributed by atoms with E-state index in [-0.39, 0.29) is 12.3 Å². The molecule has 1 N–H and O–H groups in total. The van der Waals surface area contributed by atoms with E-state index in [0.717, 1.165) is 5.56 Å². The van der Waals surface area contributed by atoms with Crippen LogP contribution in [0.5, 0.6) is 11.5 Å². The van der Waals surface area contributed by atoms with Gasteiger partial charge in [-0.05, 0) is 23.8 Å². The van der Waals surface area contributed by atoms with Crippen molar-refractivity contribution in [2.24, 2.45) is 0 Å². The summed E-state index contributed by atoms with van der Waals surface area (Å²) in [7, 11) is 3.02. The highest BCUT2D eigenvalue weighted by Gasteiger charge is 2.13. The highest BCUT2D eigenvalue weighted by molar-refractivity contribution is 6.32. The Bertz CT molecular complexity index is 689. The standard InChI is InChI=1S/C16H15Cl2NO3/c1-21-14-9-15(22-2)13(8-12(14)18)19-16(20)7-10-4-3-5-11(17)6-10/h3-6,8-9H,7H2,1-2H3,(H,19,20). The van der Waals surface area contributed by atoms with Crippen molar-refractivity contribution in [3.05, 3.63) is 52.0 Å². The molecule has 1 amide bonds. The minimum atomic E-state index is -0.193. The maximum Gasteiger partial charge on any atom is 0.228 e. The molecule has 0 bridgehead atoms. The van der Waals surface area contributed by atoms with Crippen LogP contribution < -0.4 is 14.8 Å². The number of carbonyl (C=O) groups is 1. The van der Waals surface area contributed by atoms with Gasteiger partial charge in [-0.3, -0.25) is 4.79 Å². The van der Waals surface area contributed by atoms with E-state index in [1.54, 1.807) is 30.3 Å². The predicted octanol–water partition coefficient (Wildman–Crippen LogP) is 4.19. The van der Waals surface area contributed by atoms with Gasteiger partial charge < -0.3 is 14.8 Å². The Kier molecular flexibility index (Phi) is 5.52. The first-order valence-electron chi connectivity index (χ1n) is 6.49. The van der Waals surface area contributed by atoms with E-state index >= 15 is 0 Å². The molecule has 0 saturated heterocycles. The van der Waals surface area contributed by atoms with E-state index in [4.69, 9.17) is 32.7 Å². The lowest BCUT2D eigenvalue weighted by Crippen LogP contribution is -2.15. The number of hydrogen-bond acceptors (Lipinski definition) is 3. The Morgan fingerprint density at radius 3 is 2.45 bits per heavy atom. The summed E-state index contributed by atoms with van der Waals surface area (Å²) in [5.41, 5.74) is 1.31. The van der Waals surface area contributed by atoms with Gasteiger partial charge in [0.05, 0.1) is 31.4 Å². The molecule has 6 heteroatoms. The van der Waals surface area contributed by atoms with Crippen LogP contribution in [0.15, 0.2) is 36.4 Å². The number of carbonyl (C=O) groups excluding carboxylic acids is 1. The van der Waals surface area contributed by atoms with Gasteiger partial charge in [-0.15, -0.1) is 0 Å². The Balaban J connectivity index is 2.16. The number of anilines is 1. The minimum Gasteiger partial charge on any atom is -0.495 e. The Morgan fingerprint density at radius 1 is 1.09 bits per heavy atom. The lowest BCUT2D eigenvalue weighted by atomic mass is 10.1. The fraction of sp³-hybridized carbons (Fsp3) is 0.188. The number of methoxy groups -OCH3 is 2. The van der Waals surface area contributed by atoms with Crippen LogP contribution in [0.2, 0.25) is 10.0 Å². The molecule has 0 radical (unpaired) electrons. The molecule has 0 aromatic heterocycles. The molecule has 0 heterocycles. The minimum absolute atomic E-state index is 0.193. The van der Waals surface area contributed by atoms with Crippen LogP contribution in [0.4, 0.5) is 5.69 Å².